The molecule has 1 fully saturated rings. The second-order valence-corrected chi connectivity index (χ2v) is 4.79. The summed E-state index contributed by atoms with van der Waals surface area (Å²) in [5.74, 6) is 0.369. The molecule has 1 amide bonds. The predicted octanol–water partition coefficient (Wildman–Crippen LogP) is 0.855. The second kappa shape index (κ2) is 7.21. The van der Waals surface area contributed by atoms with Gasteiger partial charge in [-0.3, -0.25) is 4.79 Å². The zero-order chi connectivity index (χ0) is 15.2. The number of methoxy groups -OCH3 is 1. The van der Waals surface area contributed by atoms with Gasteiger partial charge in [-0.15, -0.1) is 0 Å². The molecule has 2 rings (SSSR count). The minimum atomic E-state index is -2.53. The Balaban J connectivity index is 1.94. The number of carbonyl (C=O) groups excluding carboxylic acids is 1. The summed E-state index contributed by atoms with van der Waals surface area (Å²) >= 11 is 0. The fourth-order valence-electron chi connectivity index (χ4n) is 2.25. The molecule has 0 radical (unpaired) electrons. The first-order valence-corrected chi connectivity index (χ1v) is 6.78. The highest BCUT2D eigenvalue weighted by molar-refractivity contribution is 5.82. The van der Waals surface area contributed by atoms with Gasteiger partial charge in [-0.1, -0.05) is 0 Å². The number of carbonyl (C=O) groups is 1. The Morgan fingerprint density at radius 2 is 2.19 bits per heavy atom. The topological polar surface area (TPSA) is 53.6 Å². The van der Waals surface area contributed by atoms with Crippen LogP contribution in [0.4, 0.5) is 14.5 Å². The molecule has 1 aromatic rings. The van der Waals surface area contributed by atoms with Crippen LogP contribution in [0.25, 0.3) is 0 Å². The SMILES string of the molecule is COc1ccc(N2CCN[C@H](C(=O)NCC(F)F)C2)cc1. The molecule has 2 N–H and O–H groups in total. The van der Waals surface area contributed by atoms with Gasteiger partial charge in [0.1, 0.15) is 11.8 Å². The number of piperazine rings is 1. The molecule has 1 saturated heterocycles. The summed E-state index contributed by atoms with van der Waals surface area (Å²) in [6, 6.07) is 7.04. The van der Waals surface area contributed by atoms with Crippen LogP contribution >= 0.6 is 0 Å². The van der Waals surface area contributed by atoms with Crippen molar-refractivity contribution in [2.45, 2.75) is 12.5 Å². The number of amides is 1. The van der Waals surface area contributed by atoms with Crippen LogP contribution in [0.2, 0.25) is 0 Å². The molecule has 1 atom stereocenters. The van der Waals surface area contributed by atoms with E-state index in [1.807, 2.05) is 29.2 Å². The first-order valence-electron chi connectivity index (χ1n) is 6.78. The molecule has 0 spiro atoms. The van der Waals surface area contributed by atoms with Gasteiger partial charge in [0.15, 0.2) is 0 Å². The quantitative estimate of drug-likeness (QED) is 0.846. The zero-order valence-corrected chi connectivity index (χ0v) is 11.8. The van der Waals surface area contributed by atoms with Crippen molar-refractivity contribution >= 4 is 11.6 Å². The fourth-order valence-corrected chi connectivity index (χ4v) is 2.25. The third kappa shape index (κ3) is 4.29. The minimum Gasteiger partial charge on any atom is -0.497 e. The van der Waals surface area contributed by atoms with Crippen molar-refractivity contribution in [3.05, 3.63) is 24.3 Å². The van der Waals surface area contributed by atoms with E-state index < -0.39 is 24.9 Å². The van der Waals surface area contributed by atoms with E-state index in [4.69, 9.17) is 4.74 Å². The summed E-state index contributed by atoms with van der Waals surface area (Å²) in [5, 5.41) is 5.29. The number of halogens is 2. The summed E-state index contributed by atoms with van der Waals surface area (Å²) in [5.41, 5.74) is 0.976. The Bertz CT molecular complexity index is 468. The van der Waals surface area contributed by atoms with Crippen LogP contribution < -0.4 is 20.3 Å². The van der Waals surface area contributed by atoms with E-state index in [2.05, 4.69) is 10.6 Å². The van der Waals surface area contributed by atoms with E-state index in [1.54, 1.807) is 7.11 Å². The molecule has 7 heteroatoms. The highest BCUT2D eigenvalue weighted by Gasteiger charge is 2.25. The van der Waals surface area contributed by atoms with Gasteiger partial charge < -0.3 is 20.3 Å². The van der Waals surface area contributed by atoms with Crippen molar-refractivity contribution in [2.75, 3.05) is 38.2 Å². The summed E-state index contributed by atoms with van der Waals surface area (Å²) in [7, 11) is 1.60. The normalized spacial score (nSPS) is 18.7. The van der Waals surface area contributed by atoms with Crippen LogP contribution in [0.3, 0.4) is 0 Å². The maximum absolute atomic E-state index is 12.1. The van der Waals surface area contributed by atoms with Crippen LogP contribution in [-0.2, 0) is 4.79 Å². The smallest absolute Gasteiger partial charge is 0.255 e. The van der Waals surface area contributed by atoms with Crippen LogP contribution in [-0.4, -0.2) is 51.7 Å². The second-order valence-electron chi connectivity index (χ2n) is 4.79. The highest BCUT2D eigenvalue weighted by Crippen LogP contribution is 2.20. The van der Waals surface area contributed by atoms with Crippen LogP contribution in [0, 0.1) is 0 Å². The number of hydrogen-bond donors (Lipinski definition) is 2. The summed E-state index contributed by atoms with van der Waals surface area (Å²) in [6.45, 7) is 1.21. The van der Waals surface area contributed by atoms with Crippen LogP contribution in [0.5, 0.6) is 5.75 Å². The standard InChI is InChI=1S/C14H19F2N3O2/c1-21-11-4-2-10(3-5-11)19-7-6-17-12(9-19)14(20)18-8-13(15)16/h2-5,12-13,17H,6-9H2,1H3,(H,18,20)/t12-/m0/s1. The first kappa shape index (κ1) is 15.5. The Kier molecular flexibility index (Phi) is 5.32. The first-order chi connectivity index (χ1) is 10.1. The highest BCUT2D eigenvalue weighted by atomic mass is 19.3. The number of nitrogens with one attached hydrogen (secondary N) is 2. The third-order valence-electron chi connectivity index (χ3n) is 3.36. The van der Waals surface area contributed by atoms with Crippen molar-refractivity contribution < 1.29 is 18.3 Å². The van der Waals surface area contributed by atoms with E-state index in [9.17, 15) is 13.6 Å². The van der Waals surface area contributed by atoms with Crippen molar-refractivity contribution in [3.63, 3.8) is 0 Å². The molecule has 116 valence electrons. The van der Waals surface area contributed by atoms with Gasteiger partial charge in [0, 0.05) is 25.3 Å². The fraction of sp³-hybridized carbons (Fsp3) is 0.500. The van der Waals surface area contributed by atoms with Crippen molar-refractivity contribution in [1.82, 2.24) is 10.6 Å². The van der Waals surface area contributed by atoms with Gasteiger partial charge in [0.25, 0.3) is 6.43 Å². The molecular formula is C14H19F2N3O2. The molecule has 0 bridgehead atoms. The van der Waals surface area contributed by atoms with Crippen molar-refractivity contribution in [2.24, 2.45) is 0 Å². The van der Waals surface area contributed by atoms with Gasteiger partial charge in [-0.25, -0.2) is 8.78 Å². The monoisotopic (exact) mass is 299 g/mol. The lowest BCUT2D eigenvalue weighted by atomic mass is 10.1. The van der Waals surface area contributed by atoms with Crippen molar-refractivity contribution in [3.8, 4) is 5.75 Å². The maximum Gasteiger partial charge on any atom is 0.255 e. The number of benzene rings is 1. The third-order valence-corrected chi connectivity index (χ3v) is 3.36. The summed E-state index contributed by atoms with van der Waals surface area (Å²) < 4.78 is 29.3. The Labute approximate surface area is 122 Å². The number of ether oxygens (including phenoxy) is 1. The number of hydrogen-bond acceptors (Lipinski definition) is 4. The van der Waals surface area contributed by atoms with Crippen LogP contribution in [0.15, 0.2) is 24.3 Å². The molecule has 1 aliphatic rings. The molecule has 0 aromatic heterocycles. The van der Waals surface area contributed by atoms with Gasteiger partial charge in [-0.05, 0) is 24.3 Å². The zero-order valence-electron chi connectivity index (χ0n) is 11.8. The number of anilines is 1. The molecular weight excluding hydrogens is 280 g/mol. The summed E-state index contributed by atoms with van der Waals surface area (Å²) in [6.07, 6.45) is -2.53. The van der Waals surface area contributed by atoms with E-state index >= 15 is 0 Å². The van der Waals surface area contributed by atoms with Gasteiger partial charge in [0.2, 0.25) is 5.91 Å². The predicted molar refractivity (Wildman–Crippen MR) is 76.0 cm³/mol. The molecule has 1 heterocycles. The molecule has 0 saturated carbocycles. The van der Waals surface area contributed by atoms with Crippen molar-refractivity contribution in [1.29, 1.82) is 0 Å². The minimum absolute atomic E-state index is 0.395. The van der Waals surface area contributed by atoms with Gasteiger partial charge in [-0.2, -0.15) is 0 Å². The van der Waals surface area contributed by atoms with Gasteiger partial charge >= 0.3 is 0 Å². The van der Waals surface area contributed by atoms with Gasteiger partial charge in [0.05, 0.1) is 13.7 Å². The lowest BCUT2D eigenvalue weighted by Crippen LogP contribution is -2.57. The Morgan fingerprint density at radius 3 is 2.81 bits per heavy atom. The maximum atomic E-state index is 12.1. The number of nitrogens with zero attached hydrogens (tertiary/aromatic N) is 1. The molecule has 1 aromatic carbocycles. The molecule has 21 heavy (non-hydrogen) atoms. The summed E-state index contributed by atoms with van der Waals surface area (Å²) in [4.78, 5) is 13.9. The van der Waals surface area contributed by atoms with E-state index in [0.717, 1.165) is 18.0 Å². The van der Waals surface area contributed by atoms with Crippen LogP contribution in [0.1, 0.15) is 0 Å². The molecule has 5 nitrogen and oxygen atoms in total. The lowest BCUT2D eigenvalue weighted by Gasteiger charge is -2.34. The largest absolute Gasteiger partial charge is 0.497 e. The molecule has 0 aliphatic carbocycles. The molecule has 1 aliphatic heterocycles. The number of rotatable bonds is 5. The number of alkyl halides is 2. The Hall–Kier alpha value is -1.89. The van der Waals surface area contributed by atoms with E-state index in [0.29, 0.717) is 13.1 Å². The van der Waals surface area contributed by atoms with E-state index in [-0.39, 0.29) is 0 Å². The van der Waals surface area contributed by atoms with E-state index in [1.165, 1.54) is 0 Å². The molecule has 0 unspecified atom stereocenters. The average Bonchev–Trinajstić information content (AvgIpc) is 2.52. The average molecular weight is 299 g/mol. The lowest BCUT2D eigenvalue weighted by molar-refractivity contribution is -0.123. The Morgan fingerprint density at radius 1 is 1.48 bits per heavy atom.